The summed E-state index contributed by atoms with van der Waals surface area (Å²) in [6.07, 6.45) is 1.70. The Bertz CT molecular complexity index is 1100. The molecule has 146 valence electrons. The molecule has 4 rings (SSSR count). The number of ether oxygens (including phenoxy) is 1. The molecule has 0 bridgehead atoms. The van der Waals surface area contributed by atoms with Crippen molar-refractivity contribution in [1.29, 1.82) is 0 Å². The Hall–Kier alpha value is -3.87. The molecule has 7 nitrogen and oxygen atoms in total. The minimum absolute atomic E-state index is 0.198. The van der Waals surface area contributed by atoms with Gasteiger partial charge >= 0.3 is 0 Å². The van der Waals surface area contributed by atoms with Crippen LogP contribution < -0.4 is 10.1 Å². The number of carbonyl (C=O) groups excluding carboxylic acids is 1. The first-order valence-corrected chi connectivity index (χ1v) is 9.16. The number of nitrogens with one attached hydrogen (secondary N) is 1. The van der Waals surface area contributed by atoms with E-state index in [1.165, 1.54) is 0 Å². The van der Waals surface area contributed by atoms with Crippen molar-refractivity contribution >= 4 is 11.6 Å². The van der Waals surface area contributed by atoms with E-state index in [4.69, 9.17) is 9.26 Å². The fourth-order valence-corrected chi connectivity index (χ4v) is 2.91. The zero-order valence-electron chi connectivity index (χ0n) is 16.1. The lowest BCUT2D eigenvalue weighted by Crippen LogP contribution is -2.15. The molecule has 7 heteroatoms. The number of benzene rings is 2. The summed E-state index contributed by atoms with van der Waals surface area (Å²) < 4.78 is 12.4. The maximum Gasteiger partial charge on any atom is 0.276 e. The first kappa shape index (κ1) is 18.5. The van der Waals surface area contributed by atoms with E-state index in [9.17, 15) is 4.79 Å². The summed E-state index contributed by atoms with van der Waals surface area (Å²) in [6, 6.07) is 19.6. The van der Waals surface area contributed by atoms with Crippen molar-refractivity contribution in [2.45, 2.75) is 20.6 Å². The summed E-state index contributed by atoms with van der Waals surface area (Å²) >= 11 is 0. The maximum atomic E-state index is 12.4. The summed E-state index contributed by atoms with van der Waals surface area (Å²) in [5.74, 6) is 0.949. The molecule has 0 saturated carbocycles. The molecule has 0 saturated heterocycles. The Morgan fingerprint density at radius 2 is 1.76 bits per heavy atom. The van der Waals surface area contributed by atoms with Crippen molar-refractivity contribution in [3.05, 3.63) is 84.0 Å². The third-order valence-corrected chi connectivity index (χ3v) is 4.47. The molecule has 0 spiro atoms. The fraction of sp³-hybridized carbons (Fsp3) is 0.136. The van der Waals surface area contributed by atoms with Gasteiger partial charge in [0.1, 0.15) is 17.1 Å². The van der Waals surface area contributed by atoms with Crippen molar-refractivity contribution < 1.29 is 14.1 Å². The van der Waals surface area contributed by atoms with Gasteiger partial charge in [0.15, 0.2) is 18.2 Å². The van der Waals surface area contributed by atoms with Crippen LogP contribution in [0.5, 0.6) is 5.75 Å². The zero-order valence-corrected chi connectivity index (χ0v) is 16.1. The monoisotopic (exact) mass is 388 g/mol. The smallest absolute Gasteiger partial charge is 0.276 e. The lowest BCUT2D eigenvalue weighted by atomic mass is 10.1. The van der Waals surface area contributed by atoms with Crippen LogP contribution in [0, 0.1) is 13.8 Å². The summed E-state index contributed by atoms with van der Waals surface area (Å²) in [4.78, 5) is 12.4. The van der Waals surface area contributed by atoms with E-state index < -0.39 is 0 Å². The standard InChI is InChI=1S/C22H20N4O3/c1-15-21(16(2)29-25-15)23-22(27)20-12-13-26(24-20)14-28-19-10-8-18(9-11-19)17-6-4-3-5-7-17/h3-13H,14H2,1-2H3,(H,23,27). The number of hydrogen-bond donors (Lipinski definition) is 1. The molecule has 2 heterocycles. The number of carbonyl (C=O) groups is 1. The van der Waals surface area contributed by atoms with Gasteiger partial charge < -0.3 is 14.6 Å². The van der Waals surface area contributed by atoms with Gasteiger partial charge in [-0.3, -0.25) is 4.79 Å². The van der Waals surface area contributed by atoms with Crippen molar-refractivity contribution in [2.75, 3.05) is 5.32 Å². The lowest BCUT2D eigenvalue weighted by Gasteiger charge is -2.07. The summed E-state index contributed by atoms with van der Waals surface area (Å²) in [6.45, 7) is 3.70. The quantitative estimate of drug-likeness (QED) is 0.528. The van der Waals surface area contributed by atoms with E-state index in [-0.39, 0.29) is 18.3 Å². The number of anilines is 1. The van der Waals surface area contributed by atoms with Gasteiger partial charge in [-0.15, -0.1) is 0 Å². The predicted molar refractivity (Wildman–Crippen MR) is 109 cm³/mol. The van der Waals surface area contributed by atoms with Gasteiger partial charge in [0.2, 0.25) is 0 Å². The molecule has 2 aromatic heterocycles. The van der Waals surface area contributed by atoms with Crippen LogP contribution >= 0.6 is 0 Å². The van der Waals surface area contributed by atoms with Crippen molar-refractivity contribution in [3.63, 3.8) is 0 Å². The largest absolute Gasteiger partial charge is 0.471 e. The van der Waals surface area contributed by atoms with Crippen molar-refractivity contribution in [2.24, 2.45) is 0 Å². The average Bonchev–Trinajstić information content (AvgIpc) is 3.35. The molecule has 0 aliphatic heterocycles. The van der Waals surface area contributed by atoms with E-state index in [0.717, 1.165) is 16.9 Å². The Kier molecular flexibility index (Phi) is 5.11. The third kappa shape index (κ3) is 4.19. The van der Waals surface area contributed by atoms with Crippen molar-refractivity contribution in [3.8, 4) is 16.9 Å². The molecule has 1 amide bonds. The van der Waals surface area contributed by atoms with E-state index >= 15 is 0 Å². The van der Waals surface area contributed by atoms with Gasteiger partial charge in [-0.2, -0.15) is 5.10 Å². The zero-order chi connectivity index (χ0) is 20.2. The second-order valence-corrected chi connectivity index (χ2v) is 6.56. The van der Waals surface area contributed by atoms with Gasteiger partial charge in [0.25, 0.3) is 5.91 Å². The van der Waals surface area contributed by atoms with Crippen molar-refractivity contribution in [1.82, 2.24) is 14.9 Å². The summed E-state index contributed by atoms with van der Waals surface area (Å²) in [5.41, 5.74) is 3.75. The Morgan fingerprint density at radius 1 is 1.03 bits per heavy atom. The first-order chi connectivity index (χ1) is 14.1. The molecule has 0 fully saturated rings. The minimum Gasteiger partial charge on any atom is -0.471 e. The molecule has 4 aromatic rings. The van der Waals surface area contributed by atoms with E-state index in [1.54, 1.807) is 30.8 Å². The van der Waals surface area contributed by atoms with Gasteiger partial charge in [-0.1, -0.05) is 47.6 Å². The highest BCUT2D eigenvalue weighted by molar-refractivity contribution is 6.03. The topological polar surface area (TPSA) is 82.2 Å². The van der Waals surface area contributed by atoms with E-state index in [2.05, 4.69) is 27.7 Å². The Morgan fingerprint density at radius 3 is 2.45 bits per heavy atom. The highest BCUT2D eigenvalue weighted by Crippen LogP contribution is 2.22. The van der Waals surface area contributed by atoms with E-state index in [1.807, 2.05) is 42.5 Å². The average molecular weight is 388 g/mol. The fourth-order valence-electron chi connectivity index (χ4n) is 2.91. The van der Waals surface area contributed by atoms with Crippen LogP contribution in [0.3, 0.4) is 0 Å². The van der Waals surface area contributed by atoms with Gasteiger partial charge in [-0.05, 0) is 43.2 Å². The highest BCUT2D eigenvalue weighted by Gasteiger charge is 2.15. The number of aryl methyl sites for hydroxylation is 2. The van der Waals surface area contributed by atoms with Crippen LogP contribution in [0.15, 0.2) is 71.4 Å². The van der Waals surface area contributed by atoms with Crippen LogP contribution in [-0.2, 0) is 6.73 Å². The molecular weight excluding hydrogens is 368 g/mol. The normalized spacial score (nSPS) is 10.7. The highest BCUT2D eigenvalue weighted by atomic mass is 16.5. The second-order valence-electron chi connectivity index (χ2n) is 6.56. The number of nitrogens with zero attached hydrogens (tertiary/aromatic N) is 3. The van der Waals surface area contributed by atoms with E-state index in [0.29, 0.717) is 17.1 Å². The van der Waals surface area contributed by atoms with Crippen LogP contribution in [-0.4, -0.2) is 20.8 Å². The summed E-state index contributed by atoms with van der Waals surface area (Å²) in [7, 11) is 0. The molecule has 2 aromatic carbocycles. The number of amides is 1. The molecule has 0 unspecified atom stereocenters. The second kappa shape index (κ2) is 8.02. The van der Waals surface area contributed by atoms with Crippen LogP contribution in [0.4, 0.5) is 5.69 Å². The number of rotatable bonds is 6. The summed E-state index contributed by atoms with van der Waals surface area (Å²) in [5, 5.41) is 10.9. The Balaban J connectivity index is 1.36. The lowest BCUT2D eigenvalue weighted by molar-refractivity contribution is 0.102. The molecule has 0 radical (unpaired) electrons. The SMILES string of the molecule is Cc1noc(C)c1NC(=O)c1ccn(COc2ccc(-c3ccccc3)cc2)n1. The van der Waals surface area contributed by atoms with Gasteiger partial charge in [0.05, 0.1) is 0 Å². The van der Waals surface area contributed by atoms with Crippen LogP contribution in [0.25, 0.3) is 11.1 Å². The van der Waals surface area contributed by atoms with Gasteiger partial charge in [0, 0.05) is 6.20 Å². The van der Waals surface area contributed by atoms with Crippen LogP contribution in [0.2, 0.25) is 0 Å². The molecule has 29 heavy (non-hydrogen) atoms. The number of hydrogen-bond acceptors (Lipinski definition) is 5. The molecular formula is C22H20N4O3. The molecule has 0 aliphatic carbocycles. The maximum absolute atomic E-state index is 12.4. The van der Waals surface area contributed by atoms with Gasteiger partial charge in [-0.25, -0.2) is 4.68 Å². The number of aromatic nitrogens is 3. The minimum atomic E-state index is -0.328. The molecule has 0 aliphatic rings. The predicted octanol–water partition coefficient (Wildman–Crippen LogP) is 4.44. The Labute approximate surface area is 167 Å². The molecule has 1 N–H and O–H groups in total. The molecule has 0 atom stereocenters. The van der Waals surface area contributed by atoms with Crippen LogP contribution in [0.1, 0.15) is 21.9 Å². The third-order valence-electron chi connectivity index (χ3n) is 4.47. The first-order valence-electron chi connectivity index (χ1n) is 9.16.